The number of benzene rings is 1. The molecule has 1 saturated carbocycles. The number of hydrogen-bond donors (Lipinski definition) is 1. The molecule has 1 heteroatoms. The van der Waals surface area contributed by atoms with Gasteiger partial charge in [-0.05, 0) is 23.8 Å². The van der Waals surface area contributed by atoms with E-state index in [4.69, 9.17) is 12.2 Å². The molecule has 1 aliphatic carbocycles. The molecular formula is C13H15N. The van der Waals surface area contributed by atoms with Crippen molar-refractivity contribution in [3.8, 4) is 12.3 Å². The minimum atomic E-state index is 0.185. The molecule has 0 bridgehead atoms. The fourth-order valence-corrected chi connectivity index (χ4v) is 2.06. The summed E-state index contributed by atoms with van der Waals surface area (Å²) < 4.78 is 0. The molecule has 0 aliphatic heterocycles. The van der Waals surface area contributed by atoms with E-state index in [-0.39, 0.29) is 6.04 Å². The van der Waals surface area contributed by atoms with Gasteiger partial charge in [0, 0.05) is 12.5 Å². The smallest absolute Gasteiger partial charge is 0.0241 e. The standard InChI is InChI=1S/C13H15N/c1-2-6-13(14)12-9-11(12)10-7-4-3-5-8-10/h1,3-5,7-8,11-13H,6,9,14H2. The van der Waals surface area contributed by atoms with E-state index in [0.29, 0.717) is 18.3 Å². The molecule has 14 heavy (non-hydrogen) atoms. The first kappa shape index (κ1) is 9.30. The first-order valence-electron chi connectivity index (χ1n) is 5.07. The highest BCUT2D eigenvalue weighted by Gasteiger charge is 2.41. The van der Waals surface area contributed by atoms with Crippen LogP contribution in [-0.4, -0.2) is 6.04 Å². The second kappa shape index (κ2) is 3.86. The van der Waals surface area contributed by atoms with Crippen molar-refractivity contribution in [2.75, 3.05) is 0 Å². The molecule has 72 valence electrons. The van der Waals surface area contributed by atoms with Crippen molar-refractivity contribution in [2.45, 2.75) is 24.8 Å². The summed E-state index contributed by atoms with van der Waals surface area (Å²) >= 11 is 0. The van der Waals surface area contributed by atoms with E-state index in [9.17, 15) is 0 Å². The predicted molar refractivity (Wildman–Crippen MR) is 58.7 cm³/mol. The van der Waals surface area contributed by atoms with Crippen molar-refractivity contribution in [3.63, 3.8) is 0 Å². The van der Waals surface area contributed by atoms with Crippen LogP contribution < -0.4 is 5.73 Å². The molecule has 1 nitrogen and oxygen atoms in total. The minimum absolute atomic E-state index is 0.185. The fourth-order valence-electron chi connectivity index (χ4n) is 2.06. The zero-order valence-corrected chi connectivity index (χ0v) is 8.19. The van der Waals surface area contributed by atoms with Gasteiger partial charge in [0.15, 0.2) is 0 Å². The Hall–Kier alpha value is -1.26. The molecule has 2 rings (SSSR count). The van der Waals surface area contributed by atoms with Gasteiger partial charge in [-0.15, -0.1) is 12.3 Å². The zero-order chi connectivity index (χ0) is 9.97. The van der Waals surface area contributed by atoms with E-state index < -0.39 is 0 Å². The Morgan fingerprint density at radius 1 is 1.43 bits per heavy atom. The summed E-state index contributed by atoms with van der Waals surface area (Å²) in [5.41, 5.74) is 7.38. The topological polar surface area (TPSA) is 26.0 Å². The highest BCUT2D eigenvalue weighted by Crippen LogP contribution is 2.49. The van der Waals surface area contributed by atoms with Crippen LogP contribution in [-0.2, 0) is 0 Å². The predicted octanol–water partition coefficient (Wildman–Crippen LogP) is 2.14. The molecule has 1 aromatic rings. The molecule has 1 aliphatic rings. The van der Waals surface area contributed by atoms with Crippen LogP contribution in [0.15, 0.2) is 30.3 Å². The van der Waals surface area contributed by atoms with E-state index in [0.717, 1.165) is 0 Å². The lowest BCUT2D eigenvalue weighted by atomic mass is 10.0. The maximum atomic E-state index is 5.97. The Labute approximate surface area is 85.3 Å². The Balaban J connectivity index is 1.97. The van der Waals surface area contributed by atoms with Gasteiger partial charge in [0.05, 0.1) is 0 Å². The number of rotatable bonds is 3. The van der Waals surface area contributed by atoms with Crippen LogP contribution in [0.4, 0.5) is 0 Å². The van der Waals surface area contributed by atoms with Gasteiger partial charge in [-0.1, -0.05) is 30.3 Å². The molecule has 1 aromatic carbocycles. The van der Waals surface area contributed by atoms with Crippen molar-refractivity contribution in [1.82, 2.24) is 0 Å². The highest BCUT2D eigenvalue weighted by atomic mass is 14.7. The summed E-state index contributed by atoms with van der Waals surface area (Å²) in [6, 6.07) is 10.7. The molecule has 0 saturated heterocycles. The van der Waals surface area contributed by atoms with Crippen LogP contribution in [0.2, 0.25) is 0 Å². The lowest BCUT2D eigenvalue weighted by molar-refractivity contribution is 0.595. The van der Waals surface area contributed by atoms with Crippen LogP contribution in [0.3, 0.4) is 0 Å². The summed E-state index contributed by atoms with van der Waals surface area (Å²) in [4.78, 5) is 0. The molecule has 0 radical (unpaired) electrons. The van der Waals surface area contributed by atoms with Crippen LogP contribution >= 0.6 is 0 Å². The maximum absolute atomic E-state index is 5.97. The lowest BCUT2D eigenvalue weighted by Crippen LogP contribution is -2.22. The van der Waals surface area contributed by atoms with E-state index in [1.165, 1.54) is 12.0 Å². The Morgan fingerprint density at radius 2 is 2.14 bits per heavy atom. The summed E-state index contributed by atoms with van der Waals surface area (Å²) in [5.74, 6) is 3.89. The number of terminal acetylenes is 1. The molecular weight excluding hydrogens is 170 g/mol. The SMILES string of the molecule is C#CCC(N)C1CC1c1ccccc1. The van der Waals surface area contributed by atoms with Gasteiger partial charge in [0.25, 0.3) is 0 Å². The molecule has 0 heterocycles. The van der Waals surface area contributed by atoms with Crippen molar-refractivity contribution in [1.29, 1.82) is 0 Å². The summed E-state index contributed by atoms with van der Waals surface area (Å²) in [7, 11) is 0. The Bertz CT molecular complexity index is 336. The summed E-state index contributed by atoms with van der Waals surface area (Å²) in [5, 5.41) is 0. The third-order valence-electron chi connectivity index (χ3n) is 2.97. The van der Waals surface area contributed by atoms with E-state index in [1.807, 2.05) is 6.07 Å². The zero-order valence-electron chi connectivity index (χ0n) is 8.19. The third-order valence-corrected chi connectivity index (χ3v) is 2.97. The Kier molecular flexibility index (Phi) is 2.56. The van der Waals surface area contributed by atoms with E-state index in [1.54, 1.807) is 0 Å². The van der Waals surface area contributed by atoms with Crippen molar-refractivity contribution in [2.24, 2.45) is 11.7 Å². The highest BCUT2D eigenvalue weighted by molar-refractivity contribution is 5.26. The second-order valence-electron chi connectivity index (χ2n) is 3.99. The third kappa shape index (κ3) is 1.81. The van der Waals surface area contributed by atoms with Crippen LogP contribution in [0.5, 0.6) is 0 Å². The van der Waals surface area contributed by atoms with Gasteiger partial charge in [-0.25, -0.2) is 0 Å². The van der Waals surface area contributed by atoms with Gasteiger partial charge < -0.3 is 5.73 Å². The number of nitrogens with two attached hydrogens (primary N) is 1. The summed E-state index contributed by atoms with van der Waals surface area (Å²) in [6.07, 6.45) is 7.15. The van der Waals surface area contributed by atoms with Gasteiger partial charge >= 0.3 is 0 Å². The van der Waals surface area contributed by atoms with Gasteiger partial charge in [-0.3, -0.25) is 0 Å². The van der Waals surface area contributed by atoms with Crippen LogP contribution in [0.25, 0.3) is 0 Å². The largest absolute Gasteiger partial charge is 0.327 e. The first-order chi connectivity index (χ1) is 6.83. The van der Waals surface area contributed by atoms with E-state index >= 15 is 0 Å². The quantitative estimate of drug-likeness (QED) is 0.717. The average Bonchev–Trinajstić information content (AvgIpc) is 2.99. The van der Waals surface area contributed by atoms with Gasteiger partial charge in [0.1, 0.15) is 0 Å². The van der Waals surface area contributed by atoms with Crippen LogP contribution in [0.1, 0.15) is 24.3 Å². The molecule has 2 N–H and O–H groups in total. The molecule has 0 aromatic heterocycles. The van der Waals surface area contributed by atoms with Gasteiger partial charge in [0.2, 0.25) is 0 Å². The van der Waals surface area contributed by atoms with Crippen molar-refractivity contribution >= 4 is 0 Å². The van der Waals surface area contributed by atoms with Gasteiger partial charge in [-0.2, -0.15) is 0 Å². The maximum Gasteiger partial charge on any atom is 0.0241 e. The first-order valence-corrected chi connectivity index (χ1v) is 5.07. The molecule has 0 spiro atoms. The van der Waals surface area contributed by atoms with Crippen molar-refractivity contribution in [3.05, 3.63) is 35.9 Å². The van der Waals surface area contributed by atoms with Crippen LogP contribution in [0, 0.1) is 18.3 Å². The van der Waals surface area contributed by atoms with E-state index in [2.05, 4.69) is 30.2 Å². The normalized spacial score (nSPS) is 26.6. The second-order valence-corrected chi connectivity index (χ2v) is 3.99. The average molecular weight is 185 g/mol. The molecule has 3 unspecified atom stereocenters. The number of hydrogen-bond acceptors (Lipinski definition) is 1. The molecule has 1 fully saturated rings. The van der Waals surface area contributed by atoms with Crippen molar-refractivity contribution < 1.29 is 0 Å². The fraction of sp³-hybridized carbons (Fsp3) is 0.385. The monoisotopic (exact) mass is 185 g/mol. The summed E-state index contributed by atoms with van der Waals surface area (Å²) in [6.45, 7) is 0. The minimum Gasteiger partial charge on any atom is -0.327 e. The molecule has 0 amide bonds. The Morgan fingerprint density at radius 3 is 2.79 bits per heavy atom. The molecule has 3 atom stereocenters. The lowest BCUT2D eigenvalue weighted by Gasteiger charge is -2.06.